The third kappa shape index (κ3) is 3.25. The topological polar surface area (TPSA) is 49.9 Å². The van der Waals surface area contributed by atoms with Gasteiger partial charge >= 0.3 is 0 Å². The highest BCUT2D eigenvalue weighted by Gasteiger charge is 2.36. The Balaban J connectivity index is 2.11. The minimum absolute atomic E-state index is 0.190. The van der Waals surface area contributed by atoms with Crippen LogP contribution in [0.15, 0.2) is 0 Å². The highest BCUT2D eigenvalue weighted by Crippen LogP contribution is 2.27. The number of rotatable bonds is 5. The van der Waals surface area contributed by atoms with Gasteiger partial charge < -0.3 is 4.74 Å². The van der Waals surface area contributed by atoms with Crippen molar-refractivity contribution in [2.75, 3.05) is 38.2 Å². The molecule has 18 heavy (non-hydrogen) atoms. The zero-order valence-corrected chi connectivity index (χ0v) is 13.0. The van der Waals surface area contributed by atoms with E-state index in [0.29, 0.717) is 38.2 Å². The number of morpholine rings is 1. The SMILES string of the molecule is O=S(=O)(N1CCOCC1)N(CCBr)C1CCCC1. The Bertz CT molecular complexity index is 351. The molecule has 0 bridgehead atoms. The maximum Gasteiger partial charge on any atom is 0.282 e. The van der Waals surface area contributed by atoms with Crippen LogP contribution in [-0.4, -0.2) is 61.2 Å². The van der Waals surface area contributed by atoms with Crippen LogP contribution in [0.2, 0.25) is 0 Å². The molecule has 0 aromatic heterocycles. The second-order valence-corrected chi connectivity index (χ2v) is 7.43. The van der Waals surface area contributed by atoms with Crippen LogP contribution in [-0.2, 0) is 14.9 Å². The standard InChI is InChI=1S/C11H21BrN2O3S/c12-5-6-14(11-3-1-2-4-11)18(15,16)13-7-9-17-10-8-13/h11H,1-10H2. The highest BCUT2D eigenvalue weighted by atomic mass is 79.9. The Morgan fingerprint density at radius 2 is 1.83 bits per heavy atom. The lowest BCUT2D eigenvalue weighted by Gasteiger charge is -2.34. The minimum atomic E-state index is -3.31. The van der Waals surface area contributed by atoms with E-state index in [1.165, 1.54) is 0 Å². The first-order chi connectivity index (χ1) is 8.66. The van der Waals surface area contributed by atoms with Gasteiger partial charge in [-0.05, 0) is 12.8 Å². The minimum Gasteiger partial charge on any atom is -0.379 e. The average Bonchev–Trinajstić information content (AvgIpc) is 2.90. The van der Waals surface area contributed by atoms with Crippen molar-refractivity contribution in [1.29, 1.82) is 0 Å². The molecule has 5 nitrogen and oxygen atoms in total. The van der Waals surface area contributed by atoms with Gasteiger partial charge in [0.05, 0.1) is 13.2 Å². The maximum atomic E-state index is 12.6. The van der Waals surface area contributed by atoms with Crippen molar-refractivity contribution < 1.29 is 13.2 Å². The van der Waals surface area contributed by atoms with Crippen LogP contribution < -0.4 is 0 Å². The average molecular weight is 341 g/mol. The Hall–Kier alpha value is 0.310. The molecule has 0 radical (unpaired) electrons. The van der Waals surface area contributed by atoms with Crippen LogP contribution >= 0.6 is 15.9 Å². The van der Waals surface area contributed by atoms with Gasteiger partial charge in [0, 0.05) is 31.0 Å². The van der Waals surface area contributed by atoms with Crippen LogP contribution in [0.1, 0.15) is 25.7 Å². The summed E-state index contributed by atoms with van der Waals surface area (Å²) in [6, 6.07) is 0.190. The molecule has 0 unspecified atom stereocenters. The summed E-state index contributed by atoms with van der Waals surface area (Å²) in [5.74, 6) is 0. The predicted octanol–water partition coefficient (Wildman–Crippen LogP) is 1.20. The first kappa shape index (κ1) is 14.7. The number of hydrogen-bond donors (Lipinski definition) is 0. The fourth-order valence-corrected chi connectivity index (χ4v) is 5.12. The summed E-state index contributed by atoms with van der Waals surface area (Å²) in [6.07, 6.45) is 4.28. The lowest BCUT2D eigenvalue weighted by atomic mass is 10.2. The van der Waals surface area contributed by atoms with E-state index >= 15 is 0 Å². The molecule has 1 aliphatic carbocycles. The molecule has 2 fully saturated rings. The first-order valence-electron chi connectivity index (χ1n) is 6.57. The smallest absolute Gasteiger partial charge is 0.282 e. The Morgan fingerprint density at radius 3 is 2.39 bits per heavy atom. The molecule has 1 saturated carbocycles. The monoisotopic (exact) mass is 340 g/mol. The lowest BCUT2D eigenvalue weighted by molar-refractivity contribution is 0.0694. The molecule has 0 aromatic rings. The lowest BCUT2D eigenvalue weighted by Crippen LogP contribution is -2.51. The second kappa shape index (κ2) is 6.65. The number of alkyl halides is 1. The largest absolute Gasteiger partial charge is 0.379 e. The van der Waals surface area contributed by atoms with Crippen molar-refractivity contribution in [1.82, 2.24) is 8.61 Å². The fraction of sp³-hybridized carbons (Fsp3) is 1.00. The molecule has 2 rings (SSSR count). The number of ether oxygens (including phenoxy) is 1. The van der Waals surface area contributed by atoms with Crippen LogP contribution in [0, 0.1) is 0 Å². The van der Waals surface area contributed by atoms with Crippen LogP contribution in [0.4, 0.5) is 0 Å². The summed E-state index contributed by atoms with van der Waals surface area (Å²) >= 11 is 3.36. The molecular weight excluding hydrogens is 320 g/mol. The summed E-state index contributed by atoms with van der Waals surface area (Å²) in [5.41, 5.74) is 0. The molecule has 0 aromatic carbocycles. The molecule has 1 saturated heterocycles. The highest BCUT2D eigenvalue weighted by molar-refractivity contribution is 9.09. The third-order valence-electron chi connectivity index (χ3n) is 3.63. The molecule has 106 valence electrons. The Kier molecular flexibility index (Phi) is 5.44. The fourth-order valence-electron chi connectivity index (χ4n) is 2.69. The number of nitrogens with zero attached hydrogens (tertiary/aromatic N) is 2. The van der Waals surface area contributed by atoms with Crippen molar-refractivity contribution in [3.05, 3.63) is 0 Å². The maximum absolute atomic E-state index is 12.6. The van der Waals surface area contributed by atoms with E-state index in [1.807, 2.05) is 0 Å². The third-order valence-corrected chi connectivity index (χ3v) is 6.08. The molecule has 0 atom stereocenters. The van der Waals surface area contributed by atoms with Crippen molar-refractivity contribution in [3.8, 4) is 0 Å². The van der Waals surface area contributed by atoms with E-state index in [-0.39, 0.29) is 6.04 Å². The van der Waals surface area contributed by atoms with Crippen molar-refractivity contribution in [3.63, 3.8) is 0 Å². The first-order valence-corrected chi connectivity index (χ1v) is 9.08. The molecule has 0 amide bonds. The predicted molar refractivity (Wildman–Crippen MR) is 74.1 cm³/mol. The van der Waals surface area contributed by atoms with Crippen molar-refractivity contribution >= 4 is 26.1 Å². The van der Waals surface area contributed by atoms with Crippen LogP contribution in [0.25, 0.3) is 0 Å². The van der Waals surface area contributed by atoms with Crippen LogP contribution in [0.3, 0.4) is 0 Å². The molecule has 1 heterocycles. The van der Waals surface area contributed by atoms with Gasteiger partial charge in [-0.1, -0.05) is 28.8 Å². The molecule has 0 N–H and O–H groups in total. The van der Waals surface area contributed by atoms with Gasteiger partial charge in [0.1, 0.15) is 0 Å². The van der Waals surface area contributed by atoms with Gasteiger partial charge in [-0.2, -0.15) is 17.0 Å². The molecule has 0 spiro atoms. The Labute approximate surface area is 118 Å². The van der Waals surface area contributed by atoms with Gasteiger partial charge in [-0.15, -0.1) is 0 Å². The molecule has 2 aliphatic rings. The van der Waals surface area contributed by atoms with E-state index in [1.54, 1.807) is 8.61 Å². The molecule has 1 aliphatic heterocycles. The summed E-state index contributed by atoms with van der Waals surface area (Å²) < 4.78 is 33.8. The molecule has 7 heteroatoms. The number of hydrogen-bond acceptors (Lipinski definition) is 3. The van der Waals surface area contributed by atoms with Crippen molar-refractivity contribution in [2.24, 2.45) is 0 Å². The summed E-state index contributed by atoms with van der Waals surface area (Å²) in [6.45, 7) is 2.53. The van der Waals surface area contributed by atoms with E-state index in [4.69, 9.17) is 4.74 Å². The molecular formula is C11H21BrN2O3S. The zero-order valence-electron chi connectivity index (χ0n) is 10.6. The van der Waals surface area contributed by atoms with E-state index in [2.05, 4.69) is 15.9 Å². The van der Waals surface area contributed by atoms with Gasteiger partial charge in [-0.3, -0.25) is 0 Å². The van der Waals surface area contributed by atoms with Gasteiger partial charge in [0.15, 0.2) is 0 Å². The van der Waals surface area contributed by atoms with Crippen LogP contribution in [0.5, 0.6) is 0 Å². The normalized spacial score (nSPS) is 23.9. The van der Waals surface area contributed by atoms with E-state index < -0.39 is 10.2 Å². The summed E-state index contributed by atoms with van der Waals surface area (Å²) in [5, 5.41) is 0.688. The quantitative estimate of drug-likeness (QED) is 0.706. The zero-order chi connectivity index (χ0) is 13.0. The van der Waals surface area contributed by atoms with E-state index in [0.717, 1.165) is 25.7 Å². The van der Waals surface area contributed by atoms with Gasteiger partial charge in [-0.25, -0.2) is 0 Å². The van der Waals surface area contributed by atoms with E-state index in [9.17, 15) is 8.42 Å². The second-order valence-electron chi connectivity index (χ2n) is 4.76. The Morgan fingerprint density at radius 1 is 1.22 bits per heavy atom. The summed E-state index contributed by atoms with van der Waals surface area (Å²) in [7, 11) is -3.31. The van der Waals surface area contributed by atoms with Gasteiger partial charge in [0.2, 0.25) is 0 Å². The van der Waals surface area contributed by atoms with Crippen molar-refractivity contribution in [2.45, 2.75) is 31.7 Å². The van der Waals surface area contributed by atoms with Gasteiger partial charge in [0.25, 0.3) is 10.2 Å². The summed E-state index contributed by atoms with van der Waals surface area (Å²) in [4.78, 5) is 0. The number of halogens is 1.